The van der Waals surface area contributed by atoms with Crippen molar-refractivity contribution in [3.05, 3.63) is 35.5 Å². The SMILES string of the molecule is COc1ccc(/C=C2\N=C3SCN(C)CN3C2=O)cc1. The van der Waals surface area contributed by atoms with Crippen molar-refractivity contribution in [1.82, 2.24) is 9.80 Å². The third-order valence-electron chi connectivity index (χ3n) is 3.13. The van der Waals surface area contributed by atoms with E-state index in [4.69, 9.17) is 4.74 Å². The van der Waals surface area contributed by atoms with Gasteiger partial charge in [-0.05, 0) is 30.8 Å². The van der Waals surface area contributed by atoms with Gasteiger partial charge >= 0.3 is 0 Å². The smallest absolute Gasteiger partial charge is 0.279 e. The number of hydrogen-bond acceptors (Lipinski definition) is 5. The average molecular weight is 289 g/mol. The molecule has 20 heavy (non-hydrogen) atoms. The summed E-state index contributed by atoms with van der Waals surface area (Å²) in [5.74, 6) is 1.62. The number of hydrogen-bond donors (Lipinski definition) is 0. The quantitative estimate of drug-likeness (QED) is 0.779. The predicted octanol–water partition coefficient (Wildman–Crippen LogP) is 1.83. The summed E-state index contributed by atoms with van der Waals surface area (Å²) < 4.78 is 5.12. The summed E-state index contributed by atoms with van der Waals surface area (Å²) in [6.45, 7) is 0.602. The summed E-state index contributed by atoms with van der Waals surface area (Å²) >= 11 is 1.59. The second-order valence-corrected chi connectivity index (χ2v) is 5.61. The maximum atomic E-state index is 12.3. The molecule has 0 N–H and O–H groups in total. The molecule has 0 bridgehead atoms. The lowest BCUT2D eigenvalue weighted by Gasteiger charge is -2.29. The van der Waals surface area contributed by atoms with E-state index in [2.05, 4.69) is 9.89 Å². The van der Waals surface area contributed by atoms with Crippen molar-refractivity contribution < 1.29 is 9.53 Å². The van der Waals surface area contributed by atoms with Crippen molar-refractivity contribution in [2.45, 2.75) is 0 Å². The van der Waals surface area contributed by atoms with Crippen LogP contribution < -0.4 is 4.74 Å². The lowest BCUT2D eigenvalue weighted by atomic mass is 10.2. The monoisotopic (exact) mass is 289 g/mol. The number of amides is 1. The van der Waals surface area contributed by atoms with Gasteiger partial charge in [-0.3, -0.25) is 14.6 Å². The van der Waals surface area contributed by atoms with Crippen molar-refractivity contribution in [3.8, 4) is 5.75 Å². The number of benzene rings is 1. The van der Waals surface area contributed by atoms with Crippen molar-refractivity contribution in [3.63, 3.8) is 0 Å². The molecule has 1 fully saturated rings. The minimum Gasteiger partial charge on any atom is -0.497 e. The Balaban J connectivity index is 1.85. The molecule has 6 heteroatoms. The summed E-state index contributed by atoms with van der Waals surface area (Å²) in [5, 5.41) is 0.799. The van der Waals surface area contributed by atoms with Crippen LogP contribution in [0.5, 0.6) is 5.75 Å². The van der Waals surface area contributed by atoms with Crippen molar-refractivity contribution in [2.75, 3.05) is 26.7 Å². The number of nitrogens with zero attached hydrogens (tertiary/aromatic N) is 3. The number of methoxy groups -OCH3 is 1. The zero-order chi connectivity index (χ0) is 14.1. The third kappa shape index (κ3) is 2.44. The average Bonchev–Trinajstić information content (AvgIpc) is 2.76. The highest BCUT2D eigenvalue weighted by Crippen LogP contribution is 2.27. The number of carbonyl (C=O) groups is 1. The zero-order valence-electron chi connectivity index (χ0n) is 11.4. The van der Waals surface area contributed by atoms with Crippen LogP contribution in [0.3, 0.4) is 0 Å². The molecule has 5 nitrogen and oxygen atoms in total. The molecular formula is C14H15N3O2S. The molecule has 3 rings (SSSR count). The minimum atomic E-state index is -0.0325. The predicted molar refractivity (Wildman–Crippen MR) is 80.3 cm³/mol. The summed E-state index contributed by atoms with van der Waals surface area (Å²) in [6, 6.07) is 7.56. The Hall–Kier alpha value is -1.79. The van der Waals surface area contributed by atoms with Crippen LogP contribution in [-0.4, -0.2) is 47.6 Å². The van der Waals surface area contributed by atoms with Gasteiger partial charge in [0.1, 0.15) is 11.4 Å². The Morgan fingerprint density at radius 2 is 2.10 bits per heavy atom. The summed E-state index contributed by atoms with van der Waals surface area (Å²) in [4.78, 5) is 20.5. The molecule has 2 aliphatic rings. The molecule has 0 atom stereocenters. The lowest BCUT2D eigenvalue weighted by Crippen LogP contribution is -2.44. The highest BCUT2D eigenvalue weighted by Gasteiger charge is 2.34. The molecule has 0 spiro atoms. The molecule has 1 amide bonds. The number of thioether (sulfide) groups is 1. The Morgan fingerprint density at radius 1 is 1.35 bits per heavy atom. The van der Waals surface area contributed by atoms with E-state index in [1.807, 2.05) is 37.4 Å². The number of fused-ring (bicyclic) bond motifs is 1. The maximum absolute atomic E-state index is 12.3. The Morgan fingerprint density at radius 3 is 2.80 bits per heavy atom. The highest BCUT2D eigenvalue weighted by atomic mass is 32.2. The minimum absolute atomic E-state index is 0.0325. The van der Waals surface area contributed by atoms with Crippen molar-refractivity contribution in [1.29, 1.82) is 0 Å². The van der Waals surface area contributed by atoms with Gasteiger partial charge in [0, 0.05) is 0 Å². The first-order valence-corrected chi connectivity index (χ1v) is 7.23. The van der Waals surface area contributed by atoms with Crippen LogP contribution in [0, 0.1) is 0 Å². The van der Waals surface area contributed by atoms with Crippen LogP contribution in [0.15, 0.2) is 35.0 Å². The number of aliphatic imine (C=N–C) groups is 1. The largest absolute Gasteiger partial charge is 0.497 e. The summed E-state index contributed by atoms with van der Waals surface area (Å²) in [6.07, 6.45) is 1.81. The second-order valence-electron chi connectivity index (χ2n) is 4.70. The maximum Gasteiger partial charge on any atom is 0.279 e. The number of ether oxygens (including phenoxy) is 1. The van der Waals surface area contributed by atoms with Crippen LogP contribution in [0.2, 0.25) is 0 Å². The van der Waals surface area contributed by atoms with Gasteiger partial charge in [-0.15, -0.1) is 0 Å². The van der Waals surface area contributed by atoms with E-state index in [9.17, 15) is 4.79 Å². The van der Waals surface area contributed by atoms with Crippen LogP contribution in [0.4, 0.5) is 0 Å². The van der Waals surface area contributed by atoms with E-state index in [0.29, 0.717) is 12.4 Å². The van der Waals surface area contributed by atoms with Gasteiger partial charge in [0.15, 0.2) is 5.17 Å². The molecule has 0 unspecified atom stereocenters. The number of carbonyl (C=O) groups excluding carboxylic acids is 1. The molecule has 2 heterocycles. The molecular weight excluding hydrogens is 274 g/mol. The van der Waals surface area contributed by atoms with Crippen molar-refractivity contribution in [2.24, 2.45) is 4.99 Å². The first-order chi connectivity index (χ1) is 9.67. The first kappa shape index (κ1) is 13.2. The normalized spacial score (nSPS) is 21.1. The van der Waals surface area contributed by atoms with Gasteiger partial charge in [-0.25, -0.2) is 4.99 Å². The molecule has 1 saturated heterocycles. The Bertz CT molecular complexity index is 595. The van der Waals surface area contributed by atoms with Gasteiger partial charge in [0.05, 0.1) is 19.7 Å². The van der Waals surface area contributed by atoms with Crippen LogP contribution in [0.25, 0.3) is 6.08 Å². The molecule has 1 aromatic carbocycles. The molecule has 0 aromatic heterocycles. The topological polar surface area (TPSA) is 45.1 Å². The van der Waals surface area contributed by atoms with Crippen LogP contribution in [-0.2, 0) is 4.79 Å². The summed E-state index contributed by atoms with van der Waals surface area (Å²) in [5.41, 5.74) is 1.43. The van der Waals surface area contributed by atoms with Gasteiger partial charge < -0.3 is 4.74 Å². The second kappa shape index (κ2) is 5.30. The zero-order valence-corrected chi connectivity index (χ0v) is 12.2. The van der Waals surface area contributed by atoms with E-state index < -0.39 is 0 Å². The van der Waals surface area contributed by atoms with E-state index in [-0.39, 0.29) is 5.91 Å². The van der Waals surface area contributed by atoms with Gasteiger partial charge in [0.2, 0.25) is 0 Å². The molecule has 0 aliphatic carbocycles. The van der Waals surface area contributed by atoms with Gasteiger partial charge in [0.25, 0.3) is 5.91 Å². The lowest BCUT2D eigenvalue weighted by molar-refractivity contribution is -0.123. The molecule has 104 valence electrons. The standard InChI is InChI=1S/C14H15N3O2S/c1-16-8-17-13(18)12(15-14(17)20-9-16)7-10-3-5-11(19-2)6-4-10/h3-7H,8-9H2,1-2H3/b12-7-. The fourth-order valence-electron chi connectivity index (χ4n) is 2.07. The first-order valence-electron chi connectivity index (χ1n) is 6.25. The molecule has 2 aliphatic heterocycles. The van der Waals surface area contributed by atoms with E-state index in [0.717, 1.165) is 22.4 Å². The fourth-order valence-corrected chi connectivity index (χ4v) is 2.95. The molecule has 1 aromatic rings. The van der Waals surface area contributed by atoms with Crippen molar-refractivity contribution >= 4 is 28.9 Å². The Kier molecular flexibility index (Phi) is 3.50. The number of rotatable bonds is 2. The van der Waals surface area contributed by atoms with E-state index in [1.165, 1.54) is 0 Å². The fraction of sp³-hybridized carbons (Fsp3) is 0.286. The molecule has 0 radical (unpaired) electrons. The van der Waals surface area contributed by atoms with Crippen LogP contribution in [0.1, 0.15) is 5.56 Å². The Labute approximate surface area is 121 Å². The van der Waals surface area contributed by atoms with E-state index in [1.54, 1.807) is 23.8 Å². The van der Waals surface area contributed by atoms with Gasteiger partial charge in [-0.1, -0.05) is 23.9 Å². The van der Waals surface area contributed by atoms with E-state index >= 15 is 0 Å². The highest BCUT2D eigenvalue weighted by molar-refractivity contribution is 8.13. The van der Waals surface area contributed by atoms with Gasteiger partial charge in [-0.2, -0.15) is 0 Å². The number of amidine groups is 1. The summed E-state index contributed by atoms with van der Waals surface area (Å²) in [7, 11) is 3.62. The molecule has 0 saturated carbocycles. The van der Waals surface area contributed by atoms with Crippen LogP contribution >= 0.6 is 11.8 Å². The third-order valence-corrected chi connectivity index (χ3v) is 4.27.